The van der Waals surface area contributed by atoms with Gasteiger partial charge in [0.15, 0.2) is 0 Å². The van der Waals surface area contributed by atoms with Gasteiger partial charge in [0, 0.05) is 17.8 Å². The molecule has 9 heteroatoms. The molecule has 29 heavy (non-hydrogen) atoms. The number of amides is 1. The third-order valence-corrected chi connectivity index (χ3v) is 5.80. The molecule has 0 heterocycles. The van der Waals surface area contributed by atoms with E-state index in [1.165, 1.54) is 25.1 Å². The summed E-state index contributed by atoms with van der Waals surface area (Å²) in [6.07, 6.45) is 0.969. The SMILES string of the molecule is Cc1ccc([N+](=O)[O-])cc1N([C@@H](C)C(=O)Nc1ccccc1C(C)C)S(C)(=O)=O. The quantitative estimate of drug-likeness (QED) is 0.542. The van der Waals surface area contributed by atoms with Gasteiger partial charge in [-0.3, -0.25) is 19.2 Å². The Kier molecular flexibility index (Phi) is 6.63. The summed E-state index contributed by atoms with van der Waals surface area (Å²) in [7, 11) is -3.90. The molecule has 0 radical (unpaired) electrons. The third kappa shape index (κ3) is 5.11. The lowest BCUT2D eigenvalue weighted by Crippen LogP contribution is -2.45. The van der Waals surface area contributed by atoms with Crippen LogP contribution in [0.25, 0.3) is 0 Å². The lowest BCUT2D eigenvalue weighted by atomic mass is 10.0. The van der Waals surface area contributed by atoms with E-state index >= 15 is 0 Å². The molecular formula is C20H25N3O5S. The average Bonchev–Trinajstić information content (AvgIpc) is 2.62. The summed E-state index contributed by atoms with van der Waals surface area (Å²) < 4.78 is 25.9. The number of non-ortho nitro benzene ring substituents is 1. The molecule has 0 aliphatic rings. The summed E-state index contributed by atoms with van der Waals surface area (Å²) in [5.41, 5.74) is 1.87. The van der Waals surface area contributed by atoms with Crippen LogP contribution in [0.1, 0.15) is 37.8 Å². The van der Waals surface area contributed by atoms with Gasteiger partial charge in [0.05, 0.1) is 16.9 Å². The number of nitro benzene ring substituents is 1. The van der Waals surface area contributed by atoms with Crippen molar-refractivity contribution < 1.29 is 18.1 Å². The van der Waals surface area contributed by atoms with Gasteiger partial charge in [-0.05, 0) is 37.0 Å². The van der Waals surface area contributed by atoms with Gasteiger partial charge >= 0.3 is 0 Å². The Labute approximate surface area is 170 Å². The van der Waals surface area contributed by atoms with E-state index in [4.69, 9.17) is 0 Å². The fourth-order valence-electron chi connectivity index (χ4n) is 3.08. The van der Waals surface area contributed by atoms with Crippen LogP contribution in [0.15, 0.2) is 42.5 Å². The van der Waals surface area contributed by atoms with E-state index < -0.39 is 26.9 Å². The zero-order valence-corrected chi connectivity index (χ0v) is 17.9. The largest absolute Gasteiger partial charge is 0.324 e. The predicted octanol–water partition coefficient (Wildman–Crippen LogP) is 3.82. The summed E-state index contributed by atoms with van der Waals surface area (Å²) in [4.78, 5) is 23.5. The normalized spacial score (nSPS) is 12.5. The topological polar surface area (TPSA) is 110 Å². The lowest BCUT2D eigenvalue weighted by molar-refractivity contribution is -0.384. The minimum Gasteiger partial charge on any atom is -0.324 e. The number of hydrogen-bond donors (Lipinski definition) is 1. The van der Waals surface area contributed by atoms with Crippen LogP contribution < -0.4 is 9.62 Å². The van der Waals surface area contributed by atoms with Crippen LogP contribution in [0.4, 0.5) is 17.1 Å². The molecule has 0 bridgehead atoms. The standard InChI is InChI=1S/C20H25N3O5S/c1-13(2)17-8-6-7-9-18(17)21-20(24)15(4)22(29(5,27)28)19-12-16(23(25)26)11-10-14(19)3/h6-13,15H,1-5H3,(H,21,24)/t15-/m0/s1. The molecule has 0 unspecified atom stereocenters. The number of benzene rings is 2. The Morgan fingerprint density at radius 2 is 1.76 bits per heavy atom. The highest BCUT2D eigenvalue weighted by Crippen LogP contribution is 2.30. The number of nitrogens with zero attached hydrogens (tertiary/aromatic N) is 2. The Hall–Kier alpha value is -2.94. The zero-order valence-electron chi connectivity index (χ0n) is 17.0. The van der Waals surface area contributed by atoms with Crippen LogP contribution in [-0.2, 0) is 14.8 Å². The Bertz CT molecular complexity index is 1030. The molecule has 2 aromatic rings. The minimum atomic E-state index is -3.90. The molecule has 156 valence electrons. The molecule has 8 nitrogen and oxygen atoms in total. The van der Waals surface area contributed by atoms with Crippen molar-refractivity contribution in [3.8, 4) is 0 Å². The van der Waals surface area contributed by atoms with Crippen molar-refractivity contribution in [1.82, 2.24) is 0 Å². The van der Waals surface area contributed by atoms with Gasteiger partial charge < -0.3 is 5.32 Å². The second kappa shape index (κ2) is 8.60. The number of carbonyl (C=O) groups excluding carboxylic acids is 1. The molecule has 2 aromatic carbocycles. The number of aryl methyl sites for hydroxylation is 1. The molecular weight excluding hydrogens is 394 g/mol. The molecule has 0 saturated heterocycles. The van der Waals surface area contributed by atoms with E-state index in [0.29, 0.717) is 11.3 Å². The molecule has 0 fully saturated rings. The fourth-order valence-corrected chi connectivity index (χ4v) is 4.31. The Morgan fingerprint density at radius 3 is 2.31 bits per heavy atom. The summed E-state index contributed by atoms with van der Waals surface area (Å²) in [5, 5.41) is 13.9. The van der Waals surface area contributed by atoms with Crippen LogP contribution >= 0.6 is 0 Å². The average molecular weight is 420 g/mol. The molecule has 0 spiro atoms. The minimum absolute atomic E-state index is 0.0986. The molecule has 0 saturated carbocycles. The zero-order chi connectivity index (χ0) is 21.9. The van der Waals surface area contributed by atoms with Crippen LogP contribution in [0.5, 0.6) is 0 Å². The van der Waals surface area contributed by atoms with E-state index in [-0.39, 0.29) is 17.3 Å². The van der Waals surface area contributed by atoms with Crippen LogP contribution in [0.3, 0.4) is 0 Å². The molecule has 1 N–H and O–H groups in total. The number of rotatable bonds is 7. The van der Waals surface area contributed by atoms with Crippen LogP contribution in [0, 0.1) is 17.0 Å². The molecule has 1 atom stereocenters. The first-order valence-corrected chi connectivity index (χ1v) is 10.9. The van der Waals surface area contributed by atoms with Crippen molar-refractivity contribution in [3.63, 3.8) is 0 Å². The number of hydrogen-bond acceptors (Lipinski definition) is 5. The van der Waals surface area contributed by atoms with Crippen molar-refractivity contribution in [2.45, 2.75) is 39.7 Å². The van der Waals surface area contributed by atoms with Crippen molar-refractivity contribution in [2.75, 3.05) is 15.9 Å². The molecule has 0 aliphatic heterocycles. The summed E-state index contributed by atoms with van der Waals surface area (Å²) in [5.74, 6) is -0.374. The number of sulfonamides is 1. The first-order valence-electron chi connectivity index (χ1n) is 9.07. The maximum absolute atomic E-state index is 12.9. The van der Waals surface area contributed by atoms with Crippen LogP contribution in [0.2, 0.25) is 0 Å². The summed E-state index contributed by atoms with van der Waals surface area (Å²) in [6, 6.07) is 10.1. The number of para-hydroxylation sites is 1. The van der Waals surface area contributed by atoms with Gasteiger partial charge in [0.25, 0.3) is 5.69 Å². The van der Waals surface area contributed by atoms with Gasteiger partial charge in [-0.25, -0.2) is 8.42 Å². The first-order chi connectivity index (χ1) is 13.4. The second-order valence-corrected chi connectivity index (χ2v) is 9.05. The van der Waals surface area contributed by atoms with Gasteiger partial charge in [-0.15, -0.1) is 0 Å². The smallest absolute Gasteiger partial charge is 0.271 e. The lowest BCUT2D eigenvalue weighted by Gasteiger charge is -2.29. The van der Waals surface area contributed by atoms with Crippen molar-refractivity contribution in [1.29, 1.82) is 0 Å². The number of nitrogens with one attached hydrogen (secondary N) is 1. The Morgan fingerprint density at radius 1 is 1.14 bits per heavy atom. The number of nitro groups is 1. The molecule has 0 aliphatic carbocycles. The maximum Gasteiger partial charge on any atom is 0.271 e. The van der Waals surface area contributed by atoms with E-state index in [1.807, 2.05) is 26.0 Å². The fraction of sp³-hybridized carbons (Fsp3) is 0.350. The highest BCUT2D eigenvalue weighted by atomic mass is 32.2. The summed E-state index contributed by atoms with van der Waals surface area (Å²) in [6.45, 7) is 7.07. The Balaban J connectivity index is 2.46. The highest BCUT2D eigenvalue weighted by Gasteiger charge is 2.31. The van der Waals surface area contributed by atoms with Crippen LogP contribution in [-0.4, -0.2) is 31.5 Å². The van der Waals surface area contributed by atoms with Gasteiger partial charge in [0.2, 0.25) is 15.9 Å². The van der Waals surface area contributed by atoms with E-state index in [0.717, 1.165) is 16.1 Å². The van der Waals surface area contributed by atoms with E-state index in [1.54, 1.807) is 19.1 Å². The van der Waals surface area contributed by atoms with Crippen molar-refractivity contribution >= 4 is 33.0 Å². The third-order valence-electron chi connectivity index (χ3n) is 4.57. The number of carbonyl (C=O) groups is 1. The van der Waals surface area contributed by atoms with E-state index in [9.17, 15) is 23.3 Å². The van der Waals surface area contributed by atoms with Gasteiger partial charge in [0.1, 0.15) is 6.04 Å². The maximum atomic E-state index is 12.9. The predicted molar refractivity (Wildman–Crippen MR) is 114 cm³/mol. The van der Waals surface area contributed by atoms with Gasteiger partial charge in [-0.1, -0.05) is 38.1 Å². The van der Waals surface area contributed by atoms with E-state index in [2.05, 4.69) is 5.32 Å². The first kappa shape index (κ1) is 22.4. The van der Waals surface area contributed by atoms with Crippen molar-refractivity contribution in [2.24, 2.45) is 0 Å². The molecule has 2 rings (SSSR count). The van der Waals surface area contributed by atoms with Crippen molar-refractivity contribution in [3.05, 3.63) is 63.7 Å². The molecule has 0 aromatic heterocycles. The summed E-state index contributed by atoms with van der Waals surface area (Å²) >= 11 is 0. The highest BCUT2D eigenvalue weighted by molar-refractivity contribution is 7.92. The van der Waals surface area contributed by atoms with Gasteiger partial charge in [-0.2, -0.15) is 0 Å². The second-order valence-electron chi connectivity index (χ2n) is 7.19. The monoisotopic (exact) mass is 419 g/mol. The molecule has 1 amide bonds. The number of anilines is 2.